The summed E-state index contributed by atoms with van der Waals surface area (Å²) in [6, 6.07) is 0. The fraction of sp³-hybridized carbons (Fsp3) is 0.500. The summed E-state index contributed by atoms with van der Waals surface area (Å²) in [5, 5.41) is 3.67. The van der Waals surface area contributed by atoms with Gasteiger partial charge >= 0.3 is 0 Å². The van der Waals surface area contributed by atoms with E-state index in [0.717, 1.165) is 0 Å². The van der Waals surface area contributed by atoms with Crippen LogP contribution in [0.5, 0.6) is 0 Å². The highest BCUT2D eigenvalue weighted by molar-refractivity contribution is 8.05. The van der Waals surface area contributed by atoms with Crippen molar-refractivity contribution in [3.8, 4) is 0 Å². The molecule has 7 heavy (non-hydrogen) atoms. The van der Waals surface area contributed by atoms with Crippen LogP contribution in [-0.4, -0.2) is 0 Å². The molecular weight excluding hydrogens is 104 g/mol. The van der Waals surface area contributed by atoms with Gasteiger partial charge < -0.3 is 0 Å². The van der Waals surface area contributed by atoms with Crippen LogP contribution in [0, 0.1) is 11.2 Å². The number of rotatable bonds is 0. The predicted octanol–water partition coefficient (Wildman–Crippen LogP) is 2.43. The quantitative estimate of drug-likeness (QED) is 0.465. The zero-order valence-corrected chi connectivity index (χ0v) is 5.46. The van der Waals surface area contributed by atoms with Gasteiger partial charge in [-0.15, -0.1) is 11.8 Å². The van der Waals surface area contributed by atoms with Gasteiger partial charge in [0.05, 0.1) is 0 Å². The molecule has 1 rings (SSSR count). The Labute approximate surface area is 49.0 Å². The Morgan fingerprint density at radius 3 is 2.57 bits per heavy atom. The van der Waals surface area contributed by atoms with Gasteiger partial charge in [-0.2, -0.15) is 0 Å². The molecule has 39 valence electrons. The van der Waals surface area contributed by atoms with Gasteiger partial charge in [-0.25, -0.2) is 0 Å². The minimum absolute atomic E-state index is 0.713. The first-order valence-electron chi connectivity index (χ1n) is 2.47. The van der Waals surface area contributed by atoms with Crippen LogP contribution in [0.4, 0.5) is 0 Å². The van der Waals surface area contributed by atoms with Crippen LogP contribution < -0.4 is 0 Å². The van der Waals surface area contributed by atoms with Crippen LogP contribution in [0.1, 0.15) is 13.8 Å². The second-order valence-electron chi connectivity index (χ2n) is 1.85. The Morgan fingerprint density at radius 2 is 2.43 bits per heavy atom. The van der Waals surface area contributed by atoms with Gasteiger partial charge in [0.1, 0.15) is 0 Å². The largest absolute Gasteiger partial charge is 0.126 e. The standard InChI is InChI=1S/C6H9S/c1-5-3-4-7-6(5)2/h3-5H,1-2H3. The van der Waals surface area contributed by atoms with Gasteiger partial charge in [-0.3, -0.25) is 0 Å². The lowest BCUT2D eigenvalue weighted by atomic mass is 10.1. The summed E-state index contributed by atoms with van der Waals surface area (Å²) < 4.78 is 0. The van der Waals surface area contributed by atoms with Crippen LogP contribution in [0.3, 0.4) is 0 Å². The van der Waals surface area contributed by atoms with E-state index in [9.17, 15) is 0 Å². The molecule has 0 saturated heterocycles. The van der Waals surface area contributed by atoms with Crippen molar-refractivity contribution in [1.82, 2.24) is 0 Å². The van der Waals surface area contributed by atoms with E-state index in [1.165, 1.54) is 5.25 Å². The van der Waals surface area contributed by atoms with Crippen molar-refractivity contribution in [3.63, 3.8) is 0 Å². The molecule has 0 aromatic rings. The lowest BCUT2D eigenvalue weighted by molar-refractivity contribution is 0.841. The molecule has 1 aliphatic rings. The van der Waals surface area contributed by atoms with E-state index in [0.29, 0.717) is 5.92 Å². The topological polar surface area (TPSA) is 0 Å². The van der Waals surface area contributed by atoms with Crippen LogP contribution in [-0.2, 0) is 0 Å². The molecule has 1 heteroatoms. The highest BCUT2D eigenvalue weighted by atomic mass is 32.2. The lowest BCUT2D eigenvalue weighted by Crippen LogP contribution is -1.89. The van der Waals surface area contributed by atoms with Crippen molar-refractivity contribution in [2.45, 2.75) is 13.8 Å². The van der Waals surface area contributed by atoms with E-state index < -0.39 is 0 Å². The van der Waals surface area contributed by atoms with Gasteiger partial charge in [0.15, 0.2) is 0 Å². The zero-order valence-electron chi connectivity index (χ0n) is 4.64. The van der Waals surface area contributed by atoms with E-state index in [-0.39, 0.29) is 0 Å². The third-order valence-electron chi connectivity index (χ3n) is 1.26. The minimum atomic E-state index is 0.713. The van der Waals surface area contributed by atoms with Gasteiger partial charge in [0, 0.05) is 5.25 Å². The molecule has 1 heterocycles. The average Bonchev–Trinajstić information content (AvgIpc) is 1.91. The normalized spacial score (nSPS) is 32.0. The summed E-state index contributed by atoms with van der Waals surface area (Å²) >= 11 is 1.84. The first-order chi connectivity index (χ1) is 3.30. The molecule has 0 fully saturated rings. The highest BCUT2D eigenvalue weighted by Gasteiger charge is 2.13. The van der Waals surface area contributed by atoms with Gasteiger partial charge in [0.25, 0.3) is 0 Å². The summed E-state index contributed by atoms with van der Waals surface area (Å²) in [6.07, 6.45) is 2.22. The third kappa shape index (κ3) is 1.00. The summed E-state index contributed by atoms with van der Waals surface area (Å²) in [6.45, 7) is 4.39. The van der Waals surface area contributed by atoms with E-state index in [2.05, 4.69) is 25.3 Å². The van der Waals surface area contributed by atoms with Crippen molar-refractivity contribution in [3.05, 3.63) is 16.7 Å². The van der Waals surface area contributed by atoms with Crippen LogP contribution >= 0.6 is 11.8 Å². The monoisotopic (exact) mass is 113 g/mol. The number of allylic oxidation sites excluding steroid dienone is 1. The maximum absolute atomic E-state index is 2.22. The van der Waals surface area contributed by atoms with E-state index in [4.69, 9.17) is 0 Å². The molecule has 0 amide bonds. The molecule has 1 aliphatic heterocycles. The van der Waals surface area contributed by atoms with E-state index in [1.54, 1.807) is 0 Å². The zero-order chi connectivity index (χ0) is 5.28. The molecule has 0 N–H and O–H groups in total. The Kier molecular flexibility index (Phi) is 1.43. The molecule has 0 bridgehead atoms. The highest BCUT2D eigenvalue weighted by Crippen LogP contribution is 2.34. The number of hydrogen-bond donors (Lipinski definition) is 0. The Balaban J connectivity index is 2.45. The number of hydrogen-bond acceptors (Lipinski definition) is 1. The molecule has 0 saturated carbocycles. The van der Waals surface area contributed by atoms with Crippen LogP contribution in [0.2, 0.25) is 0 Å². The van der Waals surface area contributed by atoms with E-state index in [1.807, 2.05) is 11.8 Å². The molecular formula is C6H9S. The Morgan fingerprint density at radius 1 is 1.71 bits per heavy atom. The molecule has 0 aromatic heterocycles. The van der Waals surface area contributed by atoms with Crippen molar-refractivity contribution in [1.29, 1.82) is 0 Å². The molecule has 1 atom stereocenters. The second-order valence-corrected chi connectivity index (χ2v) is 3.00. The summed E-state index contributed by atoms with van der Waals surface area (Å²) in [7, 11) is 0. The molecule has 0 nitrogen and oxygen atoms in total. The molecule has 1 unspecified atom stereocenters. The van der Waals surface area contributed by atoms with Crippen molar-refractivity contribution >= 4 is 11.8 Å². The summed E-state index contributed by atoms with van der Waals surface area (Å²) in [5.74, 6) is 0.713. The van der Waals surface area contributed by atoms with Crippen molar-refractivity contribution in [2.24, 2.45) is 5.92 Å². The lowest BCUT2D eigenvalue weighted by Gasteiger charge is -2.02. The van der Waals surface area contributed by atoms with Gasteiger partial charge in [-0.1, -0.05) is 13.0 Å². The maximum atomic E-state index is 2.22. The first kappa shape index (κ1) is 5.23. The SMILES string of the molecule is C[C]1SC=CC1C. The van der Waals surface area contributed by atoms with Crippen molar-refractivity contribution in [2.75, 3.05) is 0 Å². The Bertz CT molecular complexity index is 86.2. The predicted molar refractivity (Wildman–Crippen MR) is 34.8 cm³/mol. The van der Waals surface area contributed by atoms with Crippen molar-refractivity contribution < 1.29 is 0 Å². The molecule has 0 aromatic carbocycles. The first-order valence-corrected chi connectivity index (χ1v) is 3.35. The molecule has 1 radical (unpaired) electrons. The maximum Gasteiger partial charge on any atom is 0.0385 e. The van der Waals surface area contributed by atoms with Crippen LogP contribution in [0.15, 0.2) is 11.5 Å². The minimum Gasteiger partial charge on any atom is -0.126 e. The molecule has 0 aliphatic carbocycles. The number of thioether (sulfide) groups is 1. The second kappa shape index (κ2) is 1.91. The molecule has 0 spiro atoms. The fourth-order valence-corrected chi connectivity index (χ4v) is 1.33. The van der Waals surface area contributed by atoms with Crippen LogP contribution in [0.25, 0.3) is 0 Å². The Hall–Kier alpha value is 0.0900. The smallest absolute Gasteiger partial charge is 0.0385 e. The summed E-state index contributed by atoms with van der Waals surface area (Å²) in [5.41, 5.74) is 0. The summed E-state index contributed by atoms with van der Waals surface area (Å²) in [4.78, 5) is 0. The fourth-order valence-electron chi connectivity index (χ4n) is 0.507. The third-order valence-corrected chi connectivity index (χ3v) is 2.30. The van der Waals surface area contributed by atoms with E-state index >= 15 is 0 Å². The van der Waals surface area contributed by atoms with Gasteiger partial charge in [0.2, 0.25) is 0 Å². The van der Waals surface area contributed by atoms with Gasteiger partial charge in [-0.05, 0) is 18.2 Å². The average molecular weight is 113 g/mol.